The summed E-state index contributed by atoms with van der Waals surface area (Å²) in [4.78, 5) is 25.1. The van der Waals surface area contributed by atoms with Gasteiger partial charge >= 0.3 is 0 Å². The van der Waals surface area contributed by atoms with Gasteiger partial charge in [-0.15, -0.1) is 0 Å². The van der Waals surface area contributed by atoms with Crippen LogP contribution >= 0.6 is 0 Å². The minimum atomic E-state index is -0.213. The number of ether oxygens (including phenoxy) is 2. The highest BCUT2D eigenvalue weighted by atomic mass is 16.5. The molecule has 1 aromatic heterocycles. The van der Waals surface area contributed by atoms with Gasteiger partial charge in [0.1, 0.15) is 18.1 Å². The topological polar surface area (TPSA) is 69.6 Å². The number of hydrogen-bond donors (Lipinski definition) is 1. The lowest BCUT2D eigenvalue weighted by Crippen LogP contribution is -2.32. The van der Waals surface area contributed by atoms with Gasteiger partial charge in [0.2, 0.25) is 0 Å². The molecule has 3 aromatic rings. The molecule has 1 fully saturated rings. The summed E-state index contributed by atoms with van der Waals surface area (Å²) in [7, 11) is 0. The van der Waals surface area contributed by atoms with Gasteiger partial charge in [-0.3, -0.25) is 9.59 Å². The van der Waals surface area contributed by atoms with Gasteiger partial charge in [-0.2, -0.15) is 0 Å². The van der Waals surface area contributed by atoms with Crippen LogP contribution in [0.4, 0.5) is 0 Å². The fourth-order valence-electron chi connectivity index (χ4n) is 4.15. The third kappa shape index (κ3) is 5.75. The fraction of sp³-hybridized carbons (Fsp3) is 0.407. The average molecular weight is 449 g/mol. The Morgan fingerprint density at radius 3 is 2.55 bits per heavy atom. The molecule has 0 radical (unpaired) electrons. The number of pyridine rings is 1. The Kier molecular flexibility index (Phi) is 7.33. The van der Waals surface area contributed by atoms with E-state index in [9.17, 15) is 9.59 Å². The average Bonchev–Trinajstić information content (AvgIpc) is 2.78. The summed E-state index contributed by atoms with van der Waals surface area (Å²) in [5.74, 6) is 1.95. The number of rotatable bonds is 10. The van der Waals surface area contributed by atoms with Gasteiger partial charge < -0.3 is 19.4 Å². The molecule has 0 aliphatic heterocycles. The third-order valence-electron chi connectivity index (χ3n) is 6.21. The molecule has 1 heterocycles. The standard InChI is InChI=1S/C27H32N2O4/c1-19(2)24-16-27(31)29(17-20-7-6-8-20)25-15-22(11-12-23(24)25)33-18-26(30)28-13-14-32-21-9-4-3-5-10-21/h3-5,9-12,15-16,19-20H,6-8,13-14,17-18H2,1-2H3,(H,28,30). The molecule has 4 rings (SSSR count). The number of benzene rings is 2. The van der Waals surface area contributed by atoms with Crippen LogP contribution in [-0.2, 0) is 11.3 Å². The van der Waals surface area contributed by atoms with E-state index in [1.165, 1.54) is 19.3 Å². The molecule has 0 spiro atoms. The summed E-state index contributed by atoms with van der Waals surface area (Å²) >= 11 is 0. The molecular weight excluding hydrogens is 416 g/mol. The van der Waals surface area contributed by atoms with Crippen LogP contribution in [0.5, 0.6) is 11.5 Å². The van der Waals surface area contributed by atoms with Crippen molar-refractivity contribution in [2.24, 2.45) is 5.92 Å². The maximum absolute atomic E-state index is 12.9. The monoisotopic (exact) mass is 448 g/mol. The molecule has 1 amide bonds. The van der Waals surface area contributed by atoms with E-state index in [1.54, 1.807) is 6.07 Å². The molecule has 1 saturated carbocycles. The van der Waals surface area contributed by atoms with Crippen molar-refractivity contribution in [1.82, 2.24) is 9.88 Å². The molecule has 174 valence electrons. The second-order valence-electron chi connectivity index (χ2n) is 8.98. The van der Waals surface area contributed by atoms with Gasteiger partial charge in [0, 0.05) is 24.1 Å². The van der Waals surface area contributed by atoms with Crippen molar-refractivity contribution in [1.29, 1.82) is 0 Å². The molecule has 6 nitrogen and oxygen atoms in total. The van der Waals surface area contributed by atoms with Crippen LogP contribution in [0.2, 0.25) is 0 Å². The molecule has 2 aromatic carbocycles. The number of aromatic nitrogens is 1. The molecule has 0 bridgehead atoms. The van der Waals surface area contributed by atoms with E-state index in [2.05, 4.69) is 19.2 Å². The number of carbonyl (C=O) groups excluding carboxylic acids is 1. The minimum Gasteiger partial charge on any atom is -0.492 e. The summed E-state index contributed by atoms with van der Waals surface area (Å²) in [5.41, 5.74) is 1.96. The zero-order valence-electron chi connectivity index (χ0n) is 19.4. The van der Waals surface area contributed by atoms with Crippen molar-refractivity contribution in [3.63, 3.8) is 0 Å². The molecule has 1 aliphatic carbocycles. The molecule has 1 N–H and O–H groups in total. The smallest absolute Gasteiger partial charge is 0.258 e. The predicted octanol–water partition coefficient (Wildman–Crippen LogP) is 4.50. The summed E-state index contributed by atoms with van der Waals surface area (Å²) in [6, 6.07) is 17.0. The Morgan fingerprint density at radius 2 is 1.85 bits per heavy atom. The number of para-hydroxylation sites is 1. The predicted molar refractivity (Wildman–Crippen MR) is 130 cm³/mol. The number of carbonyl (C=O) groups is 1. The maximum atomic E-state index is 12.9. The zero-order valence-corrected chi connectivity index (χ0v) is 19.4. The number of amides is 1. The first-order valence-corrected chi connectivity index (χ1v) is 11.8. The normalized spacial score (nSPS) is 13.7. The quantitative estimate of drug-likeness (QED) is 0.464. The van der Waals surface area contributed by atoms with Gasteiger partial charge in [-0.1, -0.05) is 38.5 Å². The van der Waals surface area contributed by atoms with E-state index in [4.69, 9.17) is 9.47 Å². The lowest BCUT2D eigenvalue weighted by atomic mass is 9.85. The first-order valence-electron chi connectivity index (χ1n) is 11.8. The summed E-state index contributed by atoms with van der Waals surface area (Å²) in [5, 5.41) is 3.87. The van der Waals surface area contributed by atoms with E-state index in [0.29, 0.717) is 24.8 Å². The highest BCUT2D eigenvalue weighted by molar-refractivity contribution is 5.84. The summed E-state index contributed by atoms with van der Waals surface area (Å²) in [6.07, 6.45) is 3.58. The van der Waals surface area contributed by atoms with Crippen LogP contribution in [0.3, 0.4) is 0 Å². The van der Waals surface area contributed by atoms with Crippen molar-refractivity contribution in [3.8, 4) is 11.5 Å². The largest absolute Gasteiger partial charge is 0.492 e. The Morgan fingerprint density at radius 1 is 1.06 bits per heavy atom. The molecule has 0 unspecified atom stereocenters. The highest BCUT2D eigenvalue weighted by Crippen LogP contribution is 2.31. The minimum absolute atomic E-state index is 0.0337. The van der Waals surface area contributed by atoms with E-state index in [1.807, 2.05) is 53.1 Å². The Hall–Kier alpha value is -3.28. The molecular formula is C27H32N2O4. The van der Waals surface area contributed by atoms with Crippen molar-refractivity contribution in [3.05, 3.63) is 70.5 Å². The summed E-state index contributed by atoms with van der Waals surface area (Å²) in [6.45, 7) is 5.62. The number of nitrogens with zero attached hydrogens (tertiary/aromatic N) is 1. The first-order chi connectivity index (χ1) is 16.0. The van der Waals surface area contributed by atoms with Crippen LogP contribution in [0.1, 0.15) is 44.6 Å². The Labute approximate surface area is 194 Å². The first kappa shape index (κ1) is 22.9. The van der Waals surface area contributed by atoms with E-state index >= 15 is 0 Å². The molecule has 0 saturated heterocycles. The number of nitrogens with one attached hydrogen (secondary N) is 1. The van der Waals surface area contributed by atoms with Crippen LogP contribution in [0.15, 0.2) is 59.4 Å². The highest BCUT2D eigenvalue weighted by Gasteiger charge is 2.20. The fourth-order valence-corrected chi connectivity index (χ4v) is 4.15. The second-order valence-corrected chi connectivity index (χ2v) is 8.98. The molecule has 6 heteroatoms. The lowest BCUT2D eigenvalue weighted by Gasteiger charge is -2.27. The van der Waals surface area contributed by atoms with Crippen molar-refractivity contribution >= 4 is 16.8 Å². The zero-order chi connectivity index (χ0) is 23.2. The van der Waals surface area contributed by atoms with Gasteiger partial charge in [0.05, 0.1) is 12.1 Å². The van der Waals surface area contributed by atoms with Crippen LogP contribution in [0, 0.1) is 5.92 Å². The molecule has 33 heavy (non-hydrogen) atoms. The maximum Gasteiger partial charge on any atom is 0.258 e. The van der Waals surface area contributed by atoms with Crippen molar-refractivity contribution in [2.75, 3.05) is 19.8 Å². The number of hydrogen-bond acceptors (Lipinski definition) is 4. The summed E-state index contributed by atoms with van der Waals surface area (Å²) < 4.78 is 13.2. The van der Waals surface area contributed by atoms with Gasteiger partial charge in [-0.25, -0.2) is 0 Å². The Balaban J connectivity index is 1.40. The SMILES string of the molecule is CC(C)c1cc(=O)n(CC2CCC2)c2cc(OCC(=O)NCCOc3ccccc3)ccc12. The van der Waals surface area contributed by atoms with Gasteiger partial charge in [-0.05, 0) is 54.5 Å². The van der Waals surface area contributed by atoms with Crippen molar-refractivity contribution < 1.29 is 14.3 Å². The Bertz CT molecular complexity index is 1150. The van der Waals surface area contributed by atoms with Gasteiger partial charge in [0.15, 0.2) is 6.61 Å². The van der Waals surface area contributed by atoms with Gasteiger partial charge in [0.25, 0.3) is 11.5 Å². The van der Waals surface area contributed by atoms with Crippen LogP contribution in [0.25, 0.3) is 10.9 Å². The molecule has 1 aliphatic rings. The van der Waals surface area contributed by atoms with E-state index < -0.39 is 0 Å². The van der Waals surface area contributed by atoms with Crippen molar-refractivity contribution in [2.45, 2.75) is 45.6 Å². The van der Waals surface area contributed by atoms with E-state index in [0.717, 1.165) is 28.8 Å². The van der Waals surface area contributed by atoms with E-state index in [-0.39, 0.29) is 24.0 Å². The number of fused-ring (bicyclic) bond motifs is 1. The third-order valence-corrected chi connectivity index (χ3v) is 6.21. The molecule has 0 atom stereocenters. The van der Waals surface area contributed by atoms with Crippen LogP contribution in [-0.4, -0.2) is 30.2 Å². The lowest BCUT2D eigenvalue weighted by molar-refractivity contribution is -0.123. The second kappa shape index (κ2) is 10.6. The van der Waals surface area contributed by atoms with Crippen LogP contribution < -0.4 is 20.3 Å².